The Morgan fingerprint density at radius 3 is 2.61 bits per heavy atom. The Bertz CT molecular complexity index is 1170. The highest BCUT2D eigenvalue weighted by molar-refractivity contribution is 9.10. The number of carbonyl (C=O) groups excluding carboxylic acids is 1. The Morgan fingerprint density at radius 2 is 1.82 bits per heavy atom. The third kappa shape index (κ3) is 4.11. The molecule has 0 aliphatic carbocycles. The van der Waals surface area contributed by atoms with E-state index in [1.807, 2.05) is 54.6 Å². The molecule has 7 heteroatoms. The van der Waals surface area contributed by atoms with Crippen molar-refractivity contribution in [1.82, 2.24) is 10.3 Å². The van der Waals surface area contributed by atoms with Gasteiger partial charge in [0.05, 0.1) is 0 Å². The molecular formula is C21H14BrN3O2S. The van der Waals surface area contributed by atoms with Crippen molar-refractivity contribution in [3.63, 3.8) is 0 Å². The van der Waals surface area contributed by atoms with Crippen LogP contribution in [-0.2, 0) is 0 Å². The molecule has 0 radical (unpaired) electrons. The minimum atomic E-state index is -0.285. The molecule has 0 aliphatic heterocycles. The molecule has 2 N–H and O–H groups in total. The highest BCUT2D eigenvalue weighted by Gasteiger charge is 2.11. The molecule has 0 saturated carbocycles. The first kappa shape index (κ1) is 18.3. The zero-order valence-electron chi connectivity index (χ0n) is 14.5. The van der Waals surface area contributed by atoms with Gasteiger partial charge in [0.25, 0.3) is 5.91 Å². The summed E-state index contributed by atoms with van der Waals surface area (Å²) in [7, 11) is 0. The molecule has 1 amide bonds. The van der Waals surface area contributed by atoms with Gasteiger partial charge in [-0.05, 0) is 60.7 Å². The fourth-order valence-corrected chi connectivity index (χ4v) is 3.29. The van der Waals surface area contributed by atoms with Crippen LogP contribution in [-0.4, -0.2) is 16.0 Å². The van der Waals surface area contributed by atoms with E-state index in [0.717, 1.165) is 10.0 Å². The molecule has 0 aliphatic rings. The van der Waals surface area contributed by atoms with Gasteiger partial charge in [-0.3, -0.25) is 10.1 Å². The van der Waals surface area contributed by atoms with Crippen LogP contribution in [0, 0.1) is 0 Å². The molecule has 4 aromatic rings. The first-order chi connectivity index (χ1) is 13.6. The van der Waals surface area contributed by atoms with Crippen molar-refractivity contribution in [2.75, 3.05) is 5.32 Å². The van der Waals surface area contributed by atoms with Crippen molar-refractivity contribution in [2.45, 2.75) is 0 Å². The maximum absolute atomic E-state index is 12.3. The Kier molecular flexibility index (Phi) is 5.18. The number of nitrogens with one attached hydrogen (secondary N) is 2. The summed E-state index contributed by atoms with van der Waals surface area (Å²) in [6.45, 7) is 0. The van der Waals surface area contributed by atoms with Gasteiger partial charge in [-0.2, -0.15) is 0 Å². The molecule has 1 aromatic heterocycles. The van der Waals surface area contributed by atoms with Gasteiger partial charge in [-0.25, -0.2) is 4.98 Å². The fraction of sp³-hybridized carbons (Fsp3) is 0. The fourth-order valence-electron chi connectivity index (χ4n) is 2.68. The van der Waals surface area contributed by atoms with Crippen molar-refractivity contribution in [1.29, 1.82) is 0 Å². The van der Waals surface area contributed by atoms with Crippen LogP contribution in [0.2, 0.25) is 0 Å². The number of hydrogen-bond acceptors (Lipinski definition) is 4. The van der Waals surface area contributed by atoms with Gasteiger partial charge in [-0.1, -0.05) is 40.2 Å². The quantitative estimate of drug-likeness (QED) is 0.409. The van der Waals surface area contributed by atoms with Crippen LogP contribution in [0.15, 0.2) is 81.7 Å². The topological polar surface area (TPSA) is 67.2 Å². The highest BCUT2D eigenvalue weighted by Crippen LogP contribution is 2.26. The predicted molar refractivity (Wildman–Crippen MR) is 117 cm³/mol. The molecule has 0 atom stereocenters. The summed E-state index contributed by atoms with van der Waals surface area (Å²) >= 11 is 8.60. The van der Waals surface area contributed by atoms with Crippen LogP contribution in [0.3, 0.4) is 0 Å². The summed E-state index contributed by atoms with van der Waals surface area (Å²) in [4.78, 5) is 16.8. The van der Waals surface area contributed by atoms with Crippen molar-refractivity contribution < 1.29 is 9.21 Å². The number of carbonyl (C=O) groups is 1. The van der Waals surface area contributed by atoms with E-state index in [2.05, 4.69) is 31.5 Å². The minimum Gasteiger partial charge on any atom is -0.436 e. The third-order valence-corrected chi connectivity index (χ3v) is 4.68. The molecule has 0 spiro atoms. The number of hydrogen-bond donors (Lipinski definition) is 2. The smallest absolute Gasteiger partial charge is 0.257 e. The summed E-state index contributed by atoms with van der Waals surface area (Å²) in [6, 6.07) is 22.2. The van der Waals surface area contributed by atoms with Gasteiger partial charge in [0.15, 0.2) is 10.7 Å². The molecule has 0 saturated heterocycles. The monoisotopic (exact) mass is 451 g/mol. The van der Waals surface area contributed by atoms with Gasteiger partial charge < -0.3 is 9.73 Å². The first-order valence-corrected chi connectivity index (χ1v) is 9.62. The predicted octanol–water partition coefficient (Wildman–Crippen LogP) is 5.38. The van der Waals surface area contributed by atoms with Crippen LogP contribution < -0.4 is 10.6 Å². The maximum Gasteiger partial charge on any atom is 0.257 e. The molecule has 5 nitrogen and oxygen atoms in total. The molecule has 28 heavy (non-hydrogen) atoms. The van der Waals surface area contributed by atoms with Crippen molar-refractivity contribution >= 4 is 56.0 Å². The van der Waals surface area contributed by atoms with Gasteiger partial charge in [0, 0.05) is 21.3 Å². The van der Waals surface area contributed by atoms with Crippen LogP contribution in [0.1, 0.15) is 10.4 Å². The third-order valence-electron chi connectivity index (χ3n) is 3.98. The number of benzene rings is 3. The summed E-state index contributed by atoms with van der Waals surface area (Å²) in [6.07, 6.45) is 0. The van der Waals surface area contributed by atoms with E-state index in [1.54, 1.807) is 18.2 Å². The number of rotatable bonds is 3. The molecule has 138 valence electrons. The Hall–Kier alpha value is -3.03. The van der Waals surface area contributed by atoms with Crippen LogP contribution in [0.4, 0.5) is 5.69 Å². The molecule has 0 fully saturated rings. The lowest BCUT2D eigenvalue weighted by Crippen LogP contribution is -2.34. The lowest BCUT2D eigenvalue weighted by Gasteiger charge is -2.09. The van der Waals surface area contributed by atoms with E-state index in [-0.39, 0.29) is 11.0 Å². The Labute approximate surface area is 174 Å². The van der Waals surface area contributed by atoms with Gasteiger partial charge in [0.1, 0.15) is 5.52 Å². The second-order valence-corrected chi connectivity index (χ2v) is 7.31. The standard InChI is InChI=1S/C21H14BrN3O2S/c22-15-8-4-7-14(11-15)19(26)25-21(28)23-16-9-10-18-17(12-16)24-20(27-18)13-5-2-1-3-6-13/h1-12H,(H2,23,25,26,28). The Balaban J connectivity index is 1.48. The number of aromatic nitrogens is 1. The minimum absolute atomic E-state index is 0.205. The Morgan fingerprint density at radius 1 is 1.00 bits per heavy atom. The number of anilines is 1. The average molecular weight is 452 g/mol. The summed E-state index contributed by atoms with van der Waals surface area (Å²) in [5.74, 6) is 0.269. The van der Waals surface area contributed by atoms with Gasteiger partial charge >= 0.3 is 0 Å². The summed E-state index contributed by atoms with van der Waals surface area (Å²) in [5, 5.41) is 5.88. The molecule has 3 aromatic carbocycles. The number of thiocarbonyl (C=S) groups is 1. The second kappa shape index (κ2) is 7.92. The van der Waals surface area contributed by atoms with Crippen molar-refractivity contribution in [2.24, 2.45) is 0 Å². The first-order valence-electron chi connectivity index (χ1n) is 8.42. The lowest BCUT2D eigenvalue weighted by molar-refractivity contribution is 0.0977. The SMILES string of the molecule is O=C(NC(=S)Nc1ccc2oc(-c3ccccc3)nc2c1)c1cccc(Br)c1. The van der Waals surface area contributed by atoms with Crippen LogP contribution >= 0.6 is 28.1 Å². The summed E-state index contributed by atoms with van der Waals surface area (Å²) < 4.78 is 6.63. The average Bonchev–Trinajstić information content (AvgIpc) is 3.12. The lowest BCUT2D eigenvalue weighted by atomic mass is 10.2. The van der Waals surface area contributed by atoms with E-state index in [0.29, 0.717) is 28.2 Å². The largest absolute Gasteiger partial charge is 0.436 e. The van der Waals surface area contributed by atoms with Crippen LogP contribution in [0.25, 0.3) is 22.6 Å². The molecule has 1 heterocycles. The molecule has 0 unspecified atom stereocenters. The van der Waals surface area contributed by atoms with E-state index in [4.69, 9.17) is 16.6 Å². The van der Waals surface area contributed by atoms with Crippen molar-refractivity contribution in [3.05, 3.63) is 82.8 Å². The number of halogens is 1. The van der Waals surface area contributed by atoms with E-state index in [1.165, 1.54) is 0 Å². The van der Waals surface area contributed by atoms with Crippen LogP contribution in [0.5, 0.6) is 0 Å². The number of fused-ring (bicyclic) bond motifs is 1. The zero-order valence-corrected chi connectivity index (χ0v) is 16.9. The van der Waals surface area contributed by atoms with Gasteiger partial charge in [0.2, 0.25) is 5.89 Å². The number of amides is 1. The highest BCUT2D eigenvalue weighted by atomic mass is 79.9. The zero-order chi connectivity index (χ0) is 19.5. The normalized spacial score (nSPS) is 10.6. The number of oxazole rings is 1. The van der Waals surface area contributed by atoms with Gasteiger partial charge in [-0.15, -0.1) is 0 Å². The van der Waals surface area contributed by atoms with Crippen molar-refractivity contribution in [3.8, 4) is 11.5 Å². The van der Waals surface area contributed by atoms with E-state index in [9.17, 15) is 4.79 Å². The molecular weight excluding hydrogens is 438 g/mol. The molecule has 4 rings (SSSR count). The maximum atomic E-state index is 12.3. The number of nitrogens with zero attached hydrogens (tertiary/aromatic N) is 1. The van der Waals surface area contributed by atoms with E-state index >= 15 is 0 Å². The molecule has 0 bridgehead atoms. The summed E-state index contributed by atoms with van der Waals surface area (Å²) in [5.41, 5.74) is 3.50. The van der Waals surface area contributed by atoms with E-state index < -0.39 is 0 Å². The second-order valence-electron chi connectivity index (χ2n) is 5.99.